The van der Waals surface area contributed by atoms with Crippen LogP contribution in [0.3, 0.4) is 0 Å². The van der Waals surface area contributed by atoms with E-state index in [0.29, 0.717) is 12.8 Å². The largest absolute Gasteiger partial charge is 0.333 e. The van der Waals surface area contributed by atoms with Crippen LogP contribution in [-0.2, 0) is 0 Å². The molecule has 1 aliphatic carbocycles. The van der Waals surface area contributed by atoms with Gasteiger partial charge in [0.1, 0.15) is 0 Å². The molecule has 1 saturated heterocycles. The first kappa shape index (κ1) is 9.23. The van der Waals surface area contributed by atoms with Crippen molar-refractivity contribution in [3.05, 3.63) is 10.1 Å². The summed E-state index contributed by atoms with van der Waals surface area (Å²) in [6.45, 7) is 0. The first-order valence-corrected chi connectivity index (χ1v) is 4.76. The summed E-state index contributed by atoms with van der Waals surface area (Å²) in [6.07, 6.45) is 1.77. The highest BCUT2D eigenvalue weighted by Crippen LogP contribution is 2.28. The number of nitro groups is 1. The predicted molar refractivity (Wildman–Crippen MR) is 48.5 cm³/mol. The Bertz CT molecular complexity index is 281. The van der Waals surface area contributed by atoms with E-state index in [-0.39, 0.29) is 23.0 Å². The highest BCUT2D eigenvalue weighted by molar-refractivity contribution is 5.77. The van der Waals surface area contributed by atoms with Crippen LogP contribution in [0.15, 0.2) is 0 Å². The van der Waals surface area contributed by atoms with Gasteiger partial charge in [0.05, 0.1) is 12.1 Å². The summed E-state index contributed by atoms with van der Waals surface area (Å²) in [5, 5.41) is 13.4. The Kier molecular flexibility index (Phi) is 2.05. The number of nitrogens with zero attached hydrogens (tertiary/aromatic N) is 2. The van der Waals surface area contributed by atoms with E-state index in [4.69, 9.17) is 0 Å². The van der Waals surface area contributed by atoms with Crippen molar-refractivity contribution in [1.82, 2.24) is 10.2 Å². The van der Waals surface area contributed by atoms with Crippen LogP contribution in [0.25, 0.3) is 0 Å². The van der Waals surface area contributed by atoms with Gasteiger partial charge in [-0.3, -0.25) is 10.1 Å². The molecule has 14 heavy (non-hydrogen) atoms. The molecule has 0 aromatic heterocycles. The zero-order valence-electron chi connectivity index (χ0n) is 7.97. The Hall–Kier alpha value is -1.33. The van der Waals surface area contributed by atoms with Crippen LogP contribution in [0.1, 0.15) is 19.3 Å². The van der Waals surface area contributed by atoms with Gasteiger partial charge in [-0.15, -0.1) is 0 Å². The molecular formula is C8H13N3O3. The summed E-state index contributed by atoms with van der Waals surface area (Å²) in [6, 6.07) is -0.470. The molecule has 2 fully saturated rings. The summed E-state index contributed by atoms with van der Waals surface area (Å²) in [7, 11) is 1.74. The summed E-state index contributed by atoms with van der Waals surface area (Å²) >= 11 is 0. The lowest BCUT2D eigenvalue weighted by Crippen LogP contribution is -2.44. The van der Waals surface area contributed by atoms with Crippen LogP contribution < -0.4 is 5.32 Å². The van der Waals surface area contributed by atoms with E-state index >= 15 is 0 Å². The van der Waals surface area contributed by atoms with Gasteiger partial charge in [0, 0.05) is 24.8 Å². The Morgan fingerprint density at radius 2 is 2.29 bits per heavy atom. The highest BCUT2D eigenvalue weighted by Gasteiger charge is 2.44. The molecular weight excluding hydrogens is 186 g/mol. The second kappa shape index (κ2) is 3.11. The van der Waals surface area contributed by atoms with Gasteiger partial charge < -0.3 is 10.2 Å². The molecule has 1 aliphatic heterocycles. The topological polar surface area (TPSA) is 75.5 Å². The number of hydrogen-bond donors (Lipinski definition) is 1. The molecule has 3 unspecified atom stereocenters. The molecule has 3 atom stereocenters. The number of fused-ring (bicyclic) bond motifs is 1. The monoisotopic (exact) mass is 199 g/mol. The van der Waals surface area contributed by atoms with Gasteiger partial charge in [0.25, 0.3) is 0 Å². The zero-order valence-corrected chi connectivity index (χ0v) is 7.97. The van der Waals surface area contributed by atoms with E-state index in [0.717, 1.165) is 6.42 Å². The van der Waals surface area contributed by atoms with Gasteiger partial charge in [0.2, 0.25) is 6.04 Å². The average molecular weight is 199 g/mol. The Balaban J connectivity index is 2.06. The molecule has 0 spiro atoms. The van der Waals surface area contributed by atoms with Gasteiger partial charge >= 0.3 is 6.03 Å². The molecule has 2 aliphatic rings. The zero-order chi connectivity index (χ0) is 10.3. The van der Waals surface area contributed by atoms with Crippen LogP contribution in [0.2, 0.25) is 0 Å². The molecule has 78 valence electrons. The third kappa shape index (κ3) is 1.30. The first-order chi connectivity index (χ1) is 6.59. The summed E-state index contributed by atoms with van der Waals surface area (Å²) in [4.78, 5) is 23.3. The van der Waals surface area contributed by atoms with Crippen molar-refractivity contribution in [2.75, 3.05) is 7.05 Å². The second-order valence-corrected chi connectivity index (χ2v) is 3.99. The molecule has 2 amide bonds. The number of rotatable bonds is 1. The fourth-order valence-electron chi connectivity index (χ4n) is 2.35. The number of urea groups is 1. The number of nitrogens with one attached hydrogen (secondary N) is 1. The average Bonchev–Trinajstić information content (AvgIpc) is 2.42. The summed E-state index contributed by atoms with van der Waals surface area (Å²) in [5.41, 5.74) is 0. The van der Waals surface area contributed by atoms with Crippen LogP contribution in [0, 0.1) is 10.1 Å². The normalized spacial score (nSPS) is 36.5. The third-order valence-electron chi connectivity index (χ3n) is 3.21. The second-order valence-electron chi connectivity index (χ2n) is 3.99. The lowest BCUT2D eigenvalue weighted by Gasteiger charge is -2.28. The van der Waals surface area contributed by atoms with Gasteiger partial charge in [-0.2, -0.15) is 0 Å². The number of likely N-dealkylation sites (N-methyl/N-ethyl adjacent to an activating group) is 1. The molecule has 2 rings (SSSR count). The van der Waals surface area contributed by atoms with Crippen LogP contribution in [-0.4, -0.2) is 41.0 Å². The minimum Gasteiger partial charge on any atom is -0.333 e. The fraction of sp³-hybridized carbons (Fsp3) is 0.875. The minimum absolute atomic E-state index is 0.0309. The molecule has 6 heteroatoms. The number of carbonyl (C=O) groups excluding carboxylic acids is 1. The maximum absolute atomic E-state index is 11.3. The van der Waals surface area contributed by atoms with Crippen molar-refractivity contribution in [3.8, 4) is 0 Å². The number of amides is 2. The Morgan fingerprint density at radius 1 is 1.57 bits per heavy atom. The molecule has 6 nitrogen and oxygen atoms in total. The molecule has 1 heterocycles. The molecule has 0 bridgehead atoms. The van der Waals surface area contributed by atoms with E-state index in [1.807, 2.05) is 0 Å². The van der Waals surface area contributed by atoms with Crippen LogP contribution in [0.4, 0.5) is 4.79 Å². The van der Waals surface area contributed by atoms with Gasteiger partial charge in [0.15, 0.2) is 0 Å². The quantitative estimate of drug-likeness (QED) is 0.484. The first-order valence-electron chi connectivity index (χ1n) is 4.76. The fourth-order valence-corrected chi connectivity index (χ4v) is 2.35. The Labute approximate surface area is 81.4 Å². The SMILES string of the molecule is CN1C(=O)NC2CC([N+](=O)[O-])CCC21. The standard InChI is InChI=1S/C8H13N3O3/c1-10-7-3-2-5(11(13)14)4-6(7)9-8(10)12/h5-7H,2-4H2,1H3,(H,9,12). The van der Waals surface area contributed by atoms with E-state index < -0.39 is 6.04 Å². The third-order valence-corrected chi connectivity index (χ3v) is 3.21. The van der Waals surface area contributed by atoms with Crippen molar-refractivity contribution in [2.45, 2.75) is 37.4 Å². The van der Waals surface area contributed by atoms with Crippen molar-refractivity contribution >= 4 is 6.03 Å². The van der Waals surface area contributed by atoms with Gasteiger partial charge in [-0.1, -0.05) is 0 Å². The summed E-state index contributed by atoms with van der Waals surface area (Å²) in [5.74, 6) is 0. The Morgan fingerprint density at radius 3 is 2.93 bits per heavy atom. The molecule has 0 aromatic rings. The smallest absolute Gasteiger partial charge is 0.317 e. The van der Waals surface area contributed by atoms with E-state index in [9.17, 15) is 14.9 Å². The van der Waals surface area contributed by atoms with Crippen molar-refractivity contribution in [3.63, 3.8) is 0 Å². The predicted octanol–water partition coefficient (Wildman–Crippen LogP) is 0.208. The lowest BCUT2D eigenvalue weighted by atomic mass is 9.88. The maximum Gasteiger partial charge on any atom is 0.317 e. The molecule has 0 aromatic carbocycles. The van der Waals surface area contributed by atoms with E-state index in [1.54, 1.807) is 11.9 Å². The van der Waals surface area contributed by atoms with E-state index in [1.165, 1.54) is 0 Å². The number of carbonyl (C=O) groups is 1. The summed E-state index contributed by atoms with van der Waals surface area (Å²) < 4.78 is 0. The van der Waals surface area contributed by atoms with Gasteiger partial charge in [-0.25, -0.2) is 4.79 Å². The highest BCUT2D eigenvalue weighted by atomic mass is 16.6. The molecule has 1 N–H and O–H groups in total. The van der Waals surface area contributed by atoms with Gasteiger partial charge in [-0.05, 0) is 6.42 Å². The van der Waals surface area contributed by atoms with Crippen molar-refractivity contribution < 1.29 is 9.72 Å². The minimum atomic E-state index is -0.483. The van der Waals surface area contributed by atoms with Crippen LogP contribution in [0.5, 0.6) is 0 Å². The lowest BCUT2D eigenvalue weighted by molar-refractivity contribution is -0.527. The van der Waals surface area contributed by atoms with E-state index in [2.05, 4.69) is 5.32 Å². The van der Waals surface area contributed by atoms with Crippen LogP contribution >= 0.6 is 0 Å². The maximum atomic E-state index is 11.3. The van der Waals surface area contributed by atoms with Crippen molar-refractivity contribution in [1.29, 1.82) is 0 Å². The molecule has 1 saturated carbocycles. The van der Waals surface area contributed by atoms with Crippen molar-refractivity contribution in [2.24, 2.45) is 0 Å². The number of hydrogen-bond acceptors (Lipinski definition) is 3. The molecule has 0 radical (unpaired) electrons.